The summed E-state index contributed by atoms with van der Waals surface area (Å²) in [6.45, 7) is 7.87. The lowest BCUT2D eigenvalue weighted by atomic mass is 10.2. The largest absolute Gasteiger partial charge is 0.760 e. The van der Waals surface area contributed by atoms with E-state index in [1.165, 1.54) is 23.9 Å². The van der Waals surface area contributed by atoms with Gasteiger partial charge in [0, 0.05) is 35.4 Å². The third kappa shape index (κ3) is 15.8. The van der Waals surface area contributed by atoms with Crippen LogP contribution in [0.4, 0.5) is 9.59 Å². The summed E-state index contributed by atoms with van der Waals surface area (Å²) in [7, 11) is -3.47. The Balaban J connectivity index is 0.00000206. The number of ether oxygens (including phenoxy) is 2. The Morgan fingerprint density at radius 3 is 2.45 bits per heavy atom. The van der Waals surface area contributed by atoms with Gasteiger partial charge in [-0.2, -0.15) is 20.2 Å². The summed E-state index contributed by atoms with van der Waals surface area (Å²) in [5, 5.41) is 6.71. The Kier molecular flexibility index (Phi) is 15.2. The molecular formula is C16H28N3O9S3-. The van der Waals surface area contributed by atoms with Gasteiger partial charge in [-0.1, -0.05) is 25.3 Å². The molecule has 15 heteroatoms. The van der Waals surface area contributed by atoms with Crippen LogP contribution in [0.25, 0.3) is 0 Å². The molecule has 0 radical (unpaired) electrons. The van der Waals surface area contributed by atoms with Gasteiger partial charge in [0.2, 0.25) is 0 Å². The van der Waals surface area contributed by atoms with Gasteiger partial charge in [-0.15, -0.1) is 0 Å². The fourth-order valence-electron chi connectivity index (χ4n) is 2.41. The molecule has 0 spiro atoms. The number of nitrogens with zero attached hydrogens (tertiary/aromatic N) is 1. The summed E-state index contributed by atoms with van der Waals surface area (Å²) in [4.78, 5) is 25.4. The minimum atomic E-state index is -3.47. The van der Waals surface area contributed by atoms with Crippen molar-refractivity contribution in [2.75, 3.05) is 44.9 Å². The van der Waals surface area contributed by atoms with Crippen LogP contribution in [0.15, 0.2) is 25.3 Å². The van der Waals surface area contributed by atoms with Crippen molar-refractivity contribution >= 4 is 45.3 Å². The van der Waals surface area contributed by atoms with Crippen molar-refractivity contribution in [2.45, 2.75) is 17.7 Å². The van der Waals surface area contributed by atoms with Gasteiger partial charge in [-0.05, 0) is 6.42 Å². The molecule has 0 bridgehead atoms. The Hall–Kier alpha value is -1.65. The summed E-state index contributed by atoms with van der Waals surface area (Å²) in [6, 6.07) is -0.257. The van der Waals surface area contributed by atoms with Crippen molar-refractivity contribution in [1.82, 2.24) is 10.2 Å². The predicted molar refractivity (Wildman–Crippen MR) is 116 cm³/mol. The first-order valence-corrected chi connectivity index (χ1v) is 12.9. The van der Waals surface area contributed by atoms with Crippen LogP contribution in [0.2, 0.25) is 0 Å². The number of amides is 2. The molecular weight excluding hydrogens is 474 g/mol. The van der Waals surface area contributed by atoms with Crippen LogP contribution in [0.3, 0.4) is 0 Å². The van der Waals surface area contributed by atoms with Crippen molar-refractivity contribution in [3.8, 4) is 0 Å². The Labute approximate surface area is 189 Å². The molecule has 3 N–H and O–H groups in total. The zero-order chi connectivity index (χ0) is 23.9. The number of alkyl carbamates (subject to hydrolysis) is 1. The van der Waals surface area contributed by atoms with E-state index in [-0.39, 0.29) is 37.7 Å². The zero-order valence-electron chi connectivity index (χ0n) is 17.1. The lowest BCUT2D eigenvalue weighted by Crippen LogP contribution is -2.43. The van der Waals surface area contributed by atoms with Crippen LogP contribution < -0.4 is 10.5 Å². The van der Waals surface area contributed by atoms with E-state index in [1.807, 2.05) is 0 Å². The maximum absolute atomic E-state index is 12.2. The summed E-state index contributed by atoms with van der Waals surface area (Å²) in [5.74, 6) is 0.467. The normalized spacial score (nSPS) is 18.9. The van der Waals surface area contributed by atoms with Crippen LogP contribution >= 0.6 is 11.8 Å². The predicted octanol–water partition coefficient (Wildman–Crippen LogP) is 0.113. The van der Waals surface area contributed by atoms with E-state index in [2.05, 4.69) is 23.6 Å². The van der Waals surface area contributed by atoms with Gasteiger partial charge < -0.3 is 24.2 Å². The lowest BCUT2D eigenvalue weighted by Gasteiger charge is -2.23. The quantitative estimate of drug-likeness (QED) is 0.170. The number of carbonyl (C=O) groups is 2. The number of hydrogen-bond acceptors (Lipinski definition) is 10. The minimum Gasteiger partial charge on any atom is -0.760 e. The number of likely N-dealkylation sites (tertiary alicyclic amines) is 1. The number of hydrogen-bond donors (Lipinski definition) is 2. The second-order valence-electron chi connectivity index (χ2n) is 5.95. The summed E-state index contributed by atoms with van der Waals surface area (Å²) in [6.07, 6.45) is 3.47. The van der Waals surface area contributed by atoms with Gasteiger partial charge >= 0.3 is 12.2 Å². The smallest absolute Gasteiger partial charge is 0.410 e. The topological polar surface area (TPSA) is 177 Å². The fourth-order valence-corrected chi connectivity index (χ4v) is 4.04. The Morgan fingerprint density at radius 2 is 1.90 bits per heavy atom. The molecule has 1 aliphatic rings. The highest BCUT2D eigenvalue weighted by Crippen LogP contribution is 2.28. The van der Waals surface area contributed by atoms with Gasteiger partial charge in [-0.3, -0.25) is 13.5 Å². The molecule has 1 aliphatic heterocycles. The Morgan fingerprint density at radius 1 is 1.32 bits per heavy atom. The molecule has 31 heavy (non-hydrogen) atoms. The summed E-state index contributed by atoms with van der Waals surface area (Å²) >= 11 is -0.856. The number of nitrogens with one attached hydrogen (secondary N) is 1. The second-order valence-corrected chi connectivity index (χ2v) is 9.53. The van der Waals surface area contributed by atoms with E-state index in [9.17, 15) is 18.0 Å². The molecule has 1 rings (SSSR count). The third-order valence-electron chi connectivity index (χ3n) is 3.48. The minimum absolute atomic E-state index is 0.0672. The van der Waals surface area contributed by atoms with Gasteiger partial charge in [0.15, 0.2) is 0 Å². The molecule has 180 valence electrons. The summed E-state index contributed by atoms with van der Waals surface area (Å²) < 4.78 is 54.2. The molecule has 0 aromatic rings. The summed E-state index contributed by atoms with van der Waals surface area (Å²) in [5.41, 5.74) is 0. The van der Waals surface area contributed by atoms with Crippen LogP contribution in [0.5, 0.6) is 0 Å². The molecule has 2 amide bonds. The average molecular weight is 503 g/mol. The Bertz CT molecular complexity index is 714. The molecule has 0 saturated carbocycles. The number of thioether (sulfide) groups is 1. The number of nitrogens with two attached hydrogens (primary N) is 1. The van der Waals surface area contributed by atoms with E-state index in [4.69, 9.17) is 22.4 Å². The van der Waals surface area contributed by atoms with Crippen LogP contribution in [0.1, 0.15) is 6.42 Å². The average Bonchev–Trinajstić information content (AvgIpc) is 3.08. The maximum Gasteiger partial charge on any atom is 0.410 e. The molecule has 1 heterocycles. The first-order valence-electron chi connectivity index (χ1n) is 8.85. The maximum atomic E-state index is 12.2. The highest BCUT2D eigenvalue weighted by Gasteiger charge is 2.36. The van der Waals surface area contributed by atoms with Crippen LogP contribution in [-0.2, 0) is 35.0 Å². The van der Waals surface area contributed by atoms with Crippen molar-refractivity contribution in [3.63, 3.8) is 0 Å². The van der Waals surface area contributed by atoms with E-state index < -0.39 is 33.6 Å². The third-order valence-corrected chi connectivity index (χ3v) is 5.29. The van der Waals surface area contributed by atoms with Crippen LogP contribution in [0, 0.1) is 0 Å². The van der Waals surface area contributed by atoms with Gasteiger partial charge in [-0.25, -0.2) is 9.59 Å². The number of rotatable bonds is 11. The van der Waals surface area contributed by atoms with Crippen molar-refractivity contribution in [2.24, 2.45) is 5.14 Å². The monoisotopic (exact) mass is 502 g/mol. The first kappa shape index (κ1) is 29.4. The highest BCUT2D eigenvalue weighted by molar-refractivity contribution is 8.00. The van der Waals surface area contributed by atoms with Gasteiger partial charge in [0.25, 0.3) is 10.1 Å². The molecule has 12 nitrogen and oxygen atoms in total. The van der Waals surface area contributed by atoms with E-state index in [0.29, 0.717) is 18.7 Å². The van der Waals surface area contributed by atoms with E-state index >= 15 is 0 Å². The zero-order valence-corrected chi connectivity index (χ0v) is 19.5. The highest BCUT2D eigenvalue weighted by atomic mass is 32.2. The van der Waals surface area contributed by atoms with Crippen molar-refractivity contribution in [3.05, 3.63) is 25.3 Å². The molecule has 1 fully saturated rings. The molecule has 0 aromatic carbocycles. The van der Waals surface area contributed by atoms with Crippen LogP contribution in [-0.4, -0.2) is 90.5 Å². The number of carbonyl (C=O) groups excluding carboxylic acids is 2. The van der Waals surface area contributed by atoms with Gasteiger partial charge in [0.05, 0.1) is 18.9 Å². The first-order chi connectivity index (χ1) is 14.5. The van der Waals surface area contributed by atoms with E-state index in [0.717, 1.165) is 6.26 Å². The van der Waals surface area contributed by atoms with Gasteiger partial charge in [0.1, 0.15) is 13.2 Å². The molecule has 0 aliphatic carbocycles. The molecule has 1 saturated heterocycles. The standard InChI is InChI=1S/C16H26N2O7S2.H3NO2S/c1-4-6-23-15(19)17-11-13-10-14(26-9-8-25-27(3,21)22)12-18(13)16(20)24-7-5-2;1-4(2)3/h4-5,13-14H,1-2,6-12H2,3H3,(H,17,19);1H2,(H,2,3)/p-1. The van der Waals surface area contributed by atoms with Crippen molar-refractivity contribution in [1.29, 1.82) is 0 Å². The lowest BCUT2D eigenvalue weighted by molar-refractivity contribution is 0.106. The second kappa shape index (κ2) is 16.0. The molecule has 0 aromatic heterocycles. The SMILES string of the molecule is C=CCOC(=O)NCC1CC(SCCOS(C)(=O)=O)CN1C(=O)OCC=C.NS(=O)[O-]. The molecule has 3 unspecified atom stereocenters. The van der Waals surface area contributed by atoms with Crippen molar-refractivity contribution < 1.29 is 40.4 Å². The van der Waals surface area contributed by atoms with E-state index in [1.54, 1.807) is 4.90 Å². The molecule has 3 atom stereocenters. The fraction of sp³-hybridized carbons (Fsp3) is 0.625.